The van der Waals surface area contributed by atoms with E-state index < -0.39 is 68.6 Å². The third-order valence-electron chi connectivity index (χ3n) is 5.76. The van der Waals surface area contributed by atoms with Gasteiger partial charge in [0.2, 0.25) is 0 Å². The molecule has 0 aliphatic heterocycles. The fraction of sp³-hybridized carbons (Fsp3) is 0.455. The highest BCUT2D eigenvalue weighted by Gasteiger charge is 2.84. The number of aryl methyl sites for hydroxylation is 2. The van der Waals surface area contributed by atoms with E-state index in [2.05, 4.69) is 9.47 Å². The Morgan fingerprint density at radius 1 is 0.600 bits per heavy atom. The zero-order chi connectivity index (χ0) is 31.2. The van der Waals surface area contributed by atoms with E-state index in [4.69, 9.17) is 0 Å². The van der Waals surface area contributed by atoms with Crippen LogP contribution < -0.4 is 10.6 Å². The minimum atomic E-state index is -7.16. The molecule has 0 aromatic carbocycles. The summed E-state index contributed by atoms with van der Waals surface area (Å²) in [5, 5.41) is 0.769. The van der Waals surface area contributed by atoms with Crippen molar-refractivity contribution in [3.63, 3.8) is 0 Å². The van der Waals surface area contributed by atoms with Crippen molar-refractivity contribution in [1.29, 1.82) is 0 Å². The van der Waals surface area contributed by atoms with Gasteiger partial charge in [-0.2, -0.15) is 35.1 Å². The number of thiophene rings is 2. The van der Waals surface area contributed by atoms with Crippen molar-refractivity contribution in [2.45, 2.75) is 51.4 Å². The zero-order valence-electron chi connectivity index (χ0n) is 21.3. The Balaban J connectivity index is 2.46. The number of carbonyl (C=O) groups is 4. The van der Waals surface area contributed by atoms with Gasteiger partial charge in [0, 0.05) is 9.75 Å². The summed E-state index contributed by atoms with van der Waals surface area (Å²) < 4.78 is 125. The lowest BCUT2D eigenvalue weighted by Crippen LogP contribution is -2.67. The minimum Gasteiger partial charge on any atom is -0.465 e. The molecule has 0 radical (unpaired) electrons. The second-order valence-electron chi connectivity index (χ2n) is 8.16. The summed E-state index contributed by atoms with van der Waals surface area (Å²) in [6, 6.07) is 0. The van der Waals surface area contributed by atoms with Crippen molar-refractivity contribution in [1.82, 2.24) is 0 Å². The molecule has 2 aromatic rings. The first-order chi connectivity index (χ1) is 18.1. The van der Waals surface area contributed by atoms with Crippen molar-refractivity contribution < 1.29 is 63.8 Å². The van der Waals surface area contributed by atoms with Crippen LogP contribution in [0.2, 0.25) is 0 Å². The maximum Gasteiger partial charge on any atom is 0.393 e. The van der Waals surface area contributed by atoms with E-state index in [1.165, 1.54) is 38.3 Å². The summed E-state index contributed by atoms with van der Waals surface area (Å²) in [5.41, 5.74) is -0.976. The van der Waals surface area contributed by atoms with Gasteiger partial charge in [-0.05, 0) is 38.8 Å². The standard InChI is InChI=1S/C22H20F8N2O6S2/c1-7-9(3)39-13(11(7)15(33)37-5)31-17(35)19(23,24)21(27,28)22(29,30)20(25,26)18(36)32-14-12(16(34)38-6)8(2)10(4)40-14/h1-6H3,(H,31,35)(H,32,36). The molecule has 18 heteroatoms. The van der Waals surface area contributed by atoms with Crippen molar-refractivity contribution in [2.75, 3.05) is 24.9 Å². The number of hydrogen-bond donors (Lipinski definition) is 2. The van der Waals surface area contributed by atoms with Gasteiger partial charge in [-0.1, -0.05) is 0 Å². The number of rotatable bonds is 9. The number of carbonyl (C=O) groups excluding carboxylic acids is 4. The summed E-state index contributed by atoms with van der Waals surface area (Å²) in [4.78, 5) is 48.4. The van der Waals surface area contributed by atoms with E-state index in [1.807, 2.05) is 0 Å². The number of alkyl halides is 8. The minimum absolute atomic E-state index is 0.0705. The highest BCUT2D eigenvalue weighted by molar-refractivity contribution is 7.17. The van der Waals surface area contributed by atoms with Crippen LogP contribution in [0, 0.1) is 27.7 Å². The summed E-state index contributed by atoms with van der Waals surface area (Å²) in [6.45, 7) is 5.22. The smallest absolute Gasteiger partial charge is 0.393 e. The molecular weight excluding hydrogens is 604 g/mol. The molecule has 2 amide bonds. The number of ether oxygens (including phenoxy) is 2. The highest BCUT2D eigenvalue weighted by Crippen LogP contribution is 2.53. The first-order valence-electron chi connectivity index (χ1n) is 10.6. The van der Waals surface area contributed by atoms with E-state index >= 15 is 0 Å². The van der Waals surface area contributed by atoms with Gasteiger partial charge in [0.25, 0.3) is 0 Å². The average Bonchev–Trinajstić information content (AvgIpc) is 3.30. The molecular formula is C22H20F8N2O6S2. The molecule has 8 nitrogen and oxygen atoms in total. The van der Waals surface area contributed by atoms with Crippen LogP contribution in [0.1, 0.15) is 41.6 Å². The first-order valence-corrected chi connectivity index (χ1v) is 12.3. The maximum atomic E-state index is 14.5. The molecule has 0 aliphatic rings. The molecule has 2 heterocycles. The summed E-state index contributed by atoms with van der Waals surface area (Å²) in [5.74, 6) is -36.2. The van der Waals surface area contributed by atoms with Crippen molar-refractivity contribution in [3.05, 3.63) is 32.0 Å². The predicted molar refractivity (Wildman–Crippen MR) is 127 cm³/mol. The van der Waals surface area contributed by atoms with Gasteiger partial charge in [0.15, 0.2) is 0 Å². The molecule has 0 saturated carbocycles. The van der Waals surface area contributed by atoms with Gasteiger partial charge >= 0.3 is 47.4 Å². The number of methoxy groups -OCH3 is 2. The van der Waals surface area contributed by atoms with Gasteiger partial charge in [0.05, 0.1) is 25.3 Å². The van der Waals surface area contributed by atoms with E-state index in [-0.39, 0.29) is 20.9 Å². The van der Waals surface area contributed by atoms with E-state index in [9.17, 15) is 54.3 Å². The van der Waals surface area contributed by atoms with Crippen LogP contribution in [0.4, 0.5) is 45.1 Å². The number of hydrogen-bond acceptors (Lipinski definition) is 8. The van der Waals surface area contributed by atoms with Crippen LogP contribution in [-0.2, 0) is 19.1 Å². The van der Waals surface area contributed by atoms with Crippen LogP contribution in [0.15, 0.2) is 0 Å². The lowest BCUT2D eigenvalue weighted by Gasteiger charge is -2.35. The SMILES string of the molecule is COC(=O)c1c(NC(=O)C(F)(F)C(F)(F)C(F)(F)C(F)(F)C(=O)Nc2sc(C)c(C)c2C(=O)OC)sc(C)c1C. The largest absolute Gasteiger partial charge is 0.465 e. The molecule has 222 valence electrons. The molecule has 0 saturated heterocycles. The monoisotopic (exact) mass is 624 g/mol. The van der Waals surface area contributed by atoms with Gasteiger partial charge in [-0.3, -0.25) is 9.59 Å². The molecule has 0 unspecified atom stereocenters. The van der Waals surface area contributed by atoms with Crippen LogP contribution in [0.25, 0.3) is 0 Å². The molecule has 0 atom stereocenters. The van der Waals surface area contributed by atoms with Crippen molar-refractivity contribution >= 4 is 56.4 Å². The molecule has 2 rings (SSSR count). The quantitative estimate of drug-likeness (QED) is 0.272. The summed E-state index contributed by atoms with van der Waals surface area (Å²) in [6.07, 6.45) is 0. The molecule has 40 heavy (non-hydrogen) atoms. The Hall–Kier alpha value is -3.28. The summed E-state index contributed by atoms with van der Waals surface area (Å²) >= 11 is 0.840. The number of amides is 2. The Morgan fingerprint density at radius 2 is 0.875 bits per heavy atom. The number of anilines is 2. The average molecular weight is 625 g/mol. The Bertz CT molecular complexity index is 1270. The maximum absolute atomic E-state index is 14.5. The van der Waals surface area contributed by atoms with E-state index in [0.29, 0.717) is 22.7 Å². The van der Waals surface area contributed by atoms with E-state index in [1.54, 1.807) is 0 Å². The fourth-order valence-electron chi connectivity index (χ4n) is 3.17. The normalized spacial score (nSPS) is 12.7. The lowest BCUT2D eigenvalue weighted by atomic mass is 9.97. The third kappa shape index (κ3) is 5.13. The van der Waals surface area contributed by atoms with Crippen LogP contribution in [0.3, 0.4) is 0 Å². The Labute approximate surface area is 228 Å². The third-order valence-corrected chi connectivity index (χ3v) is 8.00. The Morgan fingerprint density at radius 3 is 1.12 bits per heavy atom. The van der Waals surface area contributed by atoms with Crippen molar-refractivity contribution in [2.24, 2.45) is 0 Å². The molecule has 0 fully saturated rings. The molecule has 2 N–H and O–H groups in total. The predicted octanol–water partition coefficient (Wildman–Crippen LogP) is 5.73. The van der Waals surface area contributed by atoms with Gasteiger partial charge in [0.1, 0.15) is 10.0 Å². The van der Waals surface area contributed by atoms with Gasteiger partial charge < -0.3 is 20.1 Å². The van der Waals surface area contributed by atoms with Gasteiger partial charge in [-0.15, -0.1) is 22.7 Å². The number of halogens is 8. The van der Waals surface area contributed by atoms with Crippen LogP contribution >= 0.6 is 22.7 Å². The fourth-order valence-corrected chi connectivity index (χ4v) is 5.26. The highest BCUT2D eigenvalue weighted by atomic mass is 32.1. The summed E-state index contributed by atoms with van der Waals surface area (Å²) in [7, 11) is 1.73. The van der Waals surface area contributed by atoms with Gasteiger partial charge in [-0.25, -0.2) is 9.59 Å². The van der Waals surface area contributed by atoms with Crippen LogP contribution in [0.5, 0.6) is 0 Å². The van der Waals surface area contributed by atoms with Crippen molar-refractivity contribution in [3.8, 4) is 0 Å². The molecule has 0 bridgehead atoms. The first kappa shape index (κ1) is 32.9. The number of nitrogens with one attached hydrogen (secondary N) is 2. The molecule has 2 aromatic heterocycles. The second-order valence-corrected chi connectivity index (χ2v) is 10.6. The van der Waals surface area contributed by atoms with E-state index in [0.717, 1.165) is 14.2 Å². The second kappa shape index (κ2) is 10.9. The van der Waals surface area contributed by atoms with Crippen LogP contribution in [-0.4, -0.2) is 61.7 Å². The zero-order valence-corrected chi connectivity index (χ0v) is 22.9. The topological polar surface area (TPSA) is 111 Å². The Kier molecular flexibility index (Phi) is 9.01. The lowest BCUT2D eigenvalue weighted by molar-refractivity contribution is -0.345. The molecule has 0 aliphatic carbocycles. The molecule has 0 spiro atoms. The number of esters is 2.